The molecule has 1 aliphatic carbocycles. The Morgan fingerprint density at radius 3 is 2.05 bits per heavy atom. The topological polar surface area (TPSA) is 26.0 Å². The molecule has 0 unspecified atom stereocenters. The molecule has 0 radical (unpaired) electrons. The van der Waals surface area contributed by atoms with Crippen LogP contribution in [0.5, 0.6) is 0 Å². The molecule has 2 aromatic carbocycles. The normalized spacial score (nSPS) is 14.2. The fourth-order valence-corrected chi connectivity index (χ4v) is 2.35. The van der Waals surface area contributed by atoms with Crippen LogP contribution in [0.3, 0.4) is 0 Å². The van der Waals surface area contributed by atoms with Crippen molar-refractivity contribution in [3.8, 4) is 11.1 Å². The quantitative estimate of drug-likeness (QED) is 0.682. The van der Waals surface area contributed by atoms with E-state index in [9.17, 15) is 8.78 Å². The zero-order chi connectivity index (χ0) is 14.2. The van der Waals surface area contributed by atoms with Crippen molar-refractivity contribution >= 4 is 5.69 Å². The van der Waals surface area contributed by atoms with E-state index in [1.807, 2.05) is 26.8 Å². The Labute approximate surface area is 112 Å². The standard InChI is InChI=1S/C14H11F2N.C2H6/c1-8-2-4-10-11-5-3-9(17)7-13(11)14(15,16)12(10)6-8;1-2/h2-7H,17H2,1H3;1-2H3. The molecule has 19 heavy (non-hydrogen) atoms. The zero-order valence-electron chi connectivity index (χ0n) is 11.3. The molecule has 0 spiro atoms. The Morgan fingerprint density at radius 1 is 0.895 bits per heavy atom. The fourth-order valence-electron chi connectivity index (χ4n) is 2.35. The molecule has 3 rings (SSSR count). The molecular weight excluding hydrogens is 244 g/mol. The molecule has 0 atom stereocenters. The van der Waals surface area contributed by atoms with Crippen molar-refractivity contribution in [1.82, 2.24) is 0 Å². The Balaban J connectivity index is 0.000000637. The van der Waals surface area contributed by atoms with Gasteiger partial charge in [-0.25, -0.2) is 0 Å². The SMILES string of the molecule is CC.Cc1ccc2c(c1)C(F)(F)c1cc(N)ccc1-2. The van der Waals surface area contributed by atoms with Crippen LogP contribution < -0.4 is 5.73 Å². The number of hydrogen-bond acceptors (Lipinski definition) is 1. The predicted octanol–water partition coefficient (Wildman–Crippen LogP) is 4.72. The third kappa shape index (κ3) is 1.99. The lowest BCUT2D eigenvalue weighted by atomic mass is 10.0. The molecule has 0 saturated heterocycles. The first-order chi connectivity index (χ1) is 9.00. The first-order valence-corrected chi connectivity index (χ1v) is 6.39. The average molecular weight is 261 g/mol. The van der Waals surface area contributed by atoms with E-state index in [1.165, 1.54) is 6.07 Å². The van der Waals surface area contributed by atoms with Crippen molar-refractivity contribution in [3.63, 3.8) is 0 Å². The lowest BCUT2D eigenvalue weighted by molar-refractivity contribution is 0.0480. The van der Waals surface area contributed by atoms with E-state index in [4.69, 9.17) is 5.73 Å². The highest BCUT2D eigenvalue weighted by Crippen LogP contribution is 2.51. The van der Waals surface area contributed by atoms with E-state index in [0.717, 1.165) is 5.56 Å². The maximum absolute atomic E-state index is 14.2. The lowest BCUT2D eigenvalue weighted by Gasteiger charge is -2.12. The van der Waals surface area contributed by atoms with Crippen LogP contribution in [0.1, 0.15) is 30.5 Å². The Hall–Kier alpha value is -1.90. The maximum atomic E-state index is 14.2. The number of nitrogen functional groups attached to an aromatic ring is 1. The molecule has 1 nitrogen and oxygen atoms in total. The van der Waals surface area contributed by atoms with Crippen molar-refractivity contribution in [1.29, 1.82) is 0 Å². The summed E-state index contributed by atoms with van der Waals surface area (Å²) in [5.41, 5.74) is 8.07. The second-order valence-electron chi connectivity index (χ2n) is 4.43. The summed E-state index contributed by atoms with van der Waals surface area (Å²) in [6.07, 6.45) is 0. The van der Waals surface area contributed by atoms with E-state index >= 15 is 0 Å². The van der Waals surface area contributed by atoms with Crippen LogP contribution in [0.15, 0.2) is 36.4 Å². The van der Waals surface area contributed by atoms with E-state index in [0.29, 0.717) is 16.8 Å². The molecule has 0 bridgehead atoms. The van der Waals surface area contributed by atoms with E-state index in [1.54, 1.807) is 24.3 Å². The molecule has 0 heterocycles. The first-order valence-electron chi connectivity index (χ1n) is 6.39. The van der Waals surface area contributed by atoms with Gasteiger partial charge in [0, 0.05) is 16.8 Å². The minimum atomic E-state index is -2.94. The van der Waals surface area contributed by atoms with E-state index in [2.05, 4.69) is 0 Å². The van der Waals surface area contributed by atoms with Gasteiger partial charge in [0.25, 0.3) is 5.92 Å². The zero-order valence-corrected chi connectivity index (χ0v) is 11.3. The third-order valence-electron chi connectivity index (χ3n) is 3.19. The molecule has 0 aliphatic heterocycles. The second-order valence-corrected chi connectivity index (χ2v) is 4.43. The van der Waals surface area contributed by atoms with Gasteiger partial charge in [0.1, 0.15) is 0 Å². The number of halogens is 2. The highest BCUT2D eigenvalue weighted by atomic mass is 19.3. The smallest absolute Gasteiger partial charge is 0.299 e. The van der Waals surface area contributed by atoms with Crippen molar-refractivity contribution in [2.75, 3.05) is 5.73 Å². The molecular formula is C16H17F2N. The monoisotopic (exact) mass is 261 g/mol. The van der Waals surface area contributed by atoms with Crippen molar-refractivity contribution in [2.45, 2.75) is 26.7 Å². The summed E-state index contributed by atoms with van der Waals surface area (Å²) < 4.78 is 28.5. The molecule has 0 amide bonds. The molecule has 0 fully saturated rings. The van der Waals surface area contributed by atoms with Gasteiger partial charge >= 0.3 is 0 Å². The van der Waals surface area contributed by atoms with E-state index < -0.39 is 5.92 Å². The van der Waals surface area contributed by atoms with Crippen molar-refractivity contribution in [2.24, 2.45) is 0 Å². The molecule has 3 heteroatoms. The molecule has 100 valence electrons. The maximum Gasteiger partial charge on any atom is 0.299 e. The van der Waals surface area contributed by atoms with Gasteiger partial charge in [-0.3, -0.25) is 0 Å². The van der Waals surface area contributed by atoms with Gasteiger partial charge in [-0.2, -0.15) is 8.78 Å². The second kappa shape index (κ2) is 4.65. The Morgan fingerprint density at radius 2 is 1.42 bits per heavy atom. The number of fused-ring (bicyclic) bond motifs is 3. The van der Waals surface area contributed by atoms with Gasteiger partial charge in [-0.1, -0.05) is 37.6 Å². The molecule has 0 aromatic heterocycles. The minimum Gasteiger partial charge on any atom is -0.399 e. The number of alkyl halides is 2. The van der Waals surface area contributed by atoms with Gasteiger partial charge in [0.15, 0.2) is 0 Å². The van der Waals surface area contributed by atoms with Crippen LogP contribution in [0.25, 0.3) is 11.1 Å². The number of nitrogens with two attached hydrogens (primary N) is 1. The lowest BCUT2D eigenvalue weighted by Crippen LogP contribution is -2.11. The van der Waals surface area contributed by atoms with Crippen LogP contribution in [0.4, 0.5) is 14.5 Å². The Kier molecular flexibility index (Phi) is 3.31. The number of hydrogen-bond donors (Lipinski definition) is 1. The number of benzene rings is 2. The predicted molar refractivity (Wildman–Crippen MR) is 75.4 cm³/mol. The number of rotatable bonds is 0. The molecule has 2 N–H and O–H groups in total. The summed E-state index contributed by atoms with van der Waals surface area (Å²) >= 11 is 0. The Bertz CT molecular complexity index is 565. The van der Waals surface area contributed by atoms with Gasteiger partial charge in [-0.05, 0) is 36.2 Å². The average Bonchev–Trinajstić information content (AvgIpc) is 2.61. The van der Waals surface area contributed by atoms with Crippen molar-refractivity contribution < 1.29 is 8.78 Å². The fraction of sp³-hybridized carbons (Fsp3) is 0.250. The van der Waals surface area contributed by atoms with Gasteiger partial charge in [0.05, 0.1) is 0 Å². The summed E-state index contributed by atoms with van der Waals surface area (Å²) in [4.78, 5) is 0. The van der Waals surface area contributed by atoms with Crippen LogP contribution in [0.2, 0.25) is 0 Å². The first kappa shape index (κ1) is 13.5. The summed E-state index contributed by atoms with van der Waals surface area (Å²) in [6.45, 7) is 5.81. The van der Waals surface area contributed by atoms with Gasteiger partial charge in [0.2, 0.25) is 0 Å². The summed E-state index contributed by atoms with van der Waals surface area (Å²) in [5, 5.41) is 0. The summed E-state index contributed by atoms with van der Waals surface area (Å²) in [5.74, 6) is -2.94. The highest BCUT2D eigenvalue weighted by molar-refractivity contribution is 5.81. The van der Waals surface area contributed by atoms with Crippen molar-refractivity contribution in [3.05, 3.63) is 53.1 Å². The van der Waals surface area contributed by atoms with Gasteiger partial charge < -0.3 is 5.73 Å². The third-order valence-corrected chi connectivity index (χ3v) is 3.19. The summed E-state index contributed by atoms with van der Waals surface area (Å²) in [7, 11) is 0. The molecule has 2 aromatic rings. The molecule has 0 saturated carbocycles. The number of anilines is 1. The van der Waals surface area contributed by atoms with Crippen LogP contribution in [-0.2, 0) is 5.92 Å². The van der Waals surface area contributed by atoms with Crippen LogP contribution >= 0.6 is 0 Å². The van der Waals surface area contributed by atoms with E-state index in [-0.39, 0.29) is 11.1 Å². The highest BCUT2D eigenvalue weighted by Gasteiger charge is 2.44. The molecule has 1 aliphatic rings. The van der Waals surface area contributed by atoms with Gasteiger partial charge in [-0.15, -0.1) is 0 Å². The largest absolute Gasteiger partial charge is 0.399 e. The van der Waals surface area contributed by atoms with Crippen LogP contribution in [0, 0.1) is 6.92 Å². The number of aryl methyl sites for hydroxylation is 1. The minimum absolute atomic E-state index is 0.0121. The van der Waals surface area contributed by atoms with Crippen LogP contribution in [-0.4, -0.2) is 0 Å². The summed E-state index contributed by atoms with van der Waals surface area (Å²) in [6, 6.07) is 9.83.